The maximum absolute atomic E-state index is 6.47. The van der Waals surface area contributed by atoms with Crippen molar-refractivity contribution < 1.29 is 8.83 Å². The van der Waals surface area contributed by atoms with E-state index in [2.05, 4.69) is 71.1 Å². The zero-order valence-corrected chi connectivity index (χ0v) is 22.6. The van der Waals surface area contributed by atoms with Crippen LogP contribution in [0.4, 0.5) is 0 Å². The summed E-state index contributed by atoms with van der Waals surface area (Å²) in [6, 6.07) is 39.9. The Hall–Kier alpha value is -5.94. The van der Waals surface area contributed by atoms with Crippen LogP contribution < -0.4 is 0 Å². The van der Waals surface area contributed by atoms with Crippen LogP contribution >= 0.6 is 0 Å². The number of hydrogen-bond acceptors (Lipinski definition) is 4. The Labute approximate surface area is 242 Å². The predicted octanol–water partition coefficient (Wildman–Crippen LogP) is 10.2. The van der Waals surface area contributed by atoms with Gasteiger partial charge in [0.1, 0.15) is 27.8 Å². The van der Waals surface area contributed by atoms with E-state index >= 15 is 0 Å². The molecule has 11 rings (SSSR count). The lowest BCUT2D eigenvalue weighted by Crippen LogP contribution is -1.90. The Bertz CT molecular complexity index is 2960. The summed E-state index contributed by atoms with van der Waals surface area (Å²) < 4.78 is 15.0. The first-order chi connectivity index (χ1) is 21.3. The molecule has 5 nitrogen and oxygen atoms in total. The quantitative estimate of drug-likeness (QED) is 0.204. The summed E-state index contributed by atoms with van der Waals surface area (Å²) in [5.41, 5.74) is 11.5. The second-order valence-corrected chi connectivity index (χ2v) is 11.3. The minimum absolute atomic E-state index is 0.855. The Kier molecular flexibility index (Phi) is 3.78. The summed E-state index contributed by atoms with van der Waals surface area (Å²) in [4.78, 5) is 10.4. The molecule has 0 amide bonds. The van der Waals surface area contributed by atoms with Crippen LogP contribution in [0.5, 0.6) is 0 Å². The van der Waals surface area contributed by atoms with E-state index in [-0.39, 0.29) is 0 Å². The fraction of sp³-hybridized carbons (Fsp3) is 0. The molecular formula is C38H19N3O2. The summed E-state index contributed by atoms with van der Waals surface area (Å²) in [5.74, 6) is 0. The van der Waals surface area contributed by atoms with E-state index < -0.39 is 0 Å². The van der Waals surface area contributed by atoms with Crippen LogP contribution in [-0.2, 0) is 0 Å². The van der Waals surface area contributed by atoms with Crippen molar-refractivity contribution in [2.24, 2.45) is 0 Å². The lowest BCUT2D eigenvalue weighted by atomic mass is 9.98. The van der Waals surface area contributed by atoms with Gasteiger partial charge in [-0.3, -0.25) is 4.40 Å². The van der Waals surface area contributed by atoms with Gasteiger partial charge in [0, 0.05) is 43.3 Å². The van der Waals surface area contributed by atoms with Gasteiger partial charge in [-0.2, -0.15) is 0 Å². The highest BCUT2D eigenvalue weighted by molar-refractivity contribution is 6.35. The first kappa shape index (κ1) is 21.8. The number of furan rings is 2. The van der Waals surface area contributed by atoms with E-state index in [0.717, 1.165) is 93.6 Å². The van der Waals surface area contributed by atoms with E-state index in [9.17, 15) is 0 Å². The van der Waals surface area contributed by atoms with Gasteiger partial charge in [-0.05, 0) is 48.0 Å². The fourth-order valence-corrected chi connectivity index (χ4v) is 7.32. The van der Waals surface area contributed by atoms with Crippen molar-refractivity contribution >= 4 is 93.3 Å². The number of para-hydroxylation sites is 5. The standard InChI is InChI=1S/C38H19N3O2/c1-5-14-29-22(8-1)25-18-20(16-17-31(25)42-29)21-10-7-11-24-34-33-23-9-2-6-15-30(23)43-32(33)19-26-35-38(41(36(21)24)37(26)34)40-28-13-4-3-12-27(28)39-35/h1-19H. The van der Waals surface area contributed by atoms with Gasteiger partial charge in [0.15, 0.2) is 5.65 Å². The van der Waals surface area contributed by atoms with E-state index in [1.807, 2.05) is 48.5 Å². The second-order valence-electron chi connectivity index (χ2n) is 11.3. The lowest BCUT2D eigenvalue weighted by molar-refractivity contribution is 0.669. The molecule has 5 aromatic heterocycles. The van der Waals surface area contributed by atoms with Crippen molar-refractivity contribution in [1.82, 2.24) is 14.4 Å². The van der Waals surface area contributed by atoms with Crippen molar-refractivity contribution in [3.05, 3.63) is 115 Å². The van der Waals surface area contributed by atoms with Crippen molar-refractivity contribution in [3.8, 4) is 11.1 Å². The molecule has 0 saturated heterocycles. The summed E-state index contributed by atoms with van der Waals surface area (Å²) in [7, 11) is 0. The van der Waals surface area contributed by atoms with Gasteiger partial charge in [-0.25, -0.2) is 9.97 Å². The van der Waals surface area contributed by atoms with Gasteiger partial charge < -0.3 is 8.83 Å². The molecule has 5 heteroatoms. The lowest BCUT2D eigenvalue weighted by Gasteiger charge is -2.07. The van der Waals surface area contributed by atoms with Crippen LogP contribution in [0.15, 0.2) is 124 Å². The Balaban J connectivity index is 1.39. The van der Waals surface area contributed by atoms with Crippen molar-refractivity contribution in [2.45, 2.75) is 0 Å². The number of nitrogens with zero attached hydrogens (tertiary/aromatic N) is 3. The van der Waals surface area contributed by atoms with Gasteiger partial charge in [-0.1, -0.05) is 72.8 Å². The molecule has 0 aliphatic rings. The van der Waals surface area contributed by atoms with Crippen LogP contribution in [0, 0.1) is 0 Å². The molecule has 6 aromatic carbocycles. The molecule has 11 aromatic rings. The van der Waals surface area contributed by atoms with Gasteiger partial charge >= 0.3 is 0 Å². The Morgan fingerprint density at radius 1 is 0.465 bits per heavy atom. The highest BCUT2D eigenvalue weighted by Crippen LogP contribution is 2.47. The highest BCUT2D eigenvalue weighted by atomic mass is 16.3. The summed E-state index contributed by atoms with van der Waals surface area (Å²) in [6.07, 6.45) is 0. The SMILES string of the molecule is c1ccc2nc3c(nc2c1)c1cc2oc4ccccc4c2c2c4cccc(-c5ccc6oc7ccccc7c6c5)c4n3c12. The maximum Gasteiger partial charge on any atom is 0.165 e. The molecule has 0 aliphatic carbocycles. The number of rotatable bonds is 1. The van der Waals surface area contributed by atoms with Gasteiger partial charge in [0.2, 0.25) is 0 Å². The second kappa shape index (κ2) is 7.46. The molecule has 5 heterocycles. The third-order valence-electron chi connectivity index (χ3n) is 9.10. The third-order valence-corrected chi connectivity index (χ3v) is 9.10. The van der Waals surface area contributed by atoms with E-state index in [4.69, 9.17) is 18.8 Å². The minimum Gasteiger partial charge on any atom is -0.456 e. The molecule has 43 heavy (non-hydrogen) atoms. The maximum atomic E-state index is 6.47. The normalized spacial score (nSPS) is 12.7. The molecule has 0 fully saturated rings. The molecule has 0 saturated carbocycles. The highest BCUT2D eigenvalue weighted by Gasteiger charge is 2.26. The van der Waals surface area contributed by atoms with Crippen molar-refractivity contribution in [2.75, 3.05) is 0 Å². The molecule has 198 valence electrons. The minimum atomic E-state index is 0.855. The molecule has 0 N–H and O–H groups in total. The van der Waals surface area contributed by atoms with E-state index in [1.54, 1.807) is 0 Å². The summed E-state index contributed by atoms with van der Waals surface area (Å²) >= 11 is 0. The third kappa shape index (κ3) is 2.63. The van der Waals surface area contributed by atoms with E-state index in [1.165, 1.54) is 10.8 Å². The fourth-order valence-electron chi connectivity index (χ4n) is 7.32. The molecule has 0 spiro atoms. The predicted molar refractivity (Wildman–Crippen MR) is 174 cm³/mol. The largest absolute Gasteiger partial charge is 0.456 e. The summed E-state index contributed by atoms with van der Waals surface area (Å²) in [6.45, 7) is 0. The molecule has 0 atom stereocenters. The van der Waals surface area contributed by atoms with Crippen molar-refractivity contribution in [3.63, 3.8) is 0 Å². The monoisotopic (exact) mass is 549 g/mol. The number of benzene rings is 6. The number of fused-ring (bicyclic) bond motifs is 14. The average Bonchev–Trinajstić information content (AvgIpc) is 3.79. The molecule has 0 aliphatic heterocycles. The van der Waals surface area contributed by atoms with Crippen LogP contribution in [0.25, 0.3) is 104 Å². The number of hydrogen-bond donors (Lipinski definition) is 0. The van der Waals surface area contributed by atoms with Crippen LogP contribution in [0.3, 0.4) is 0 Å². The summed E-state index contributed by atoms with van der Waals surface area (Å²) in [5, 5.41) is 7.86. The molecule has 0 radical (unpaired) electrons. The van der Waals surface area contributed by atoms with Crippen molar-refractivity contribution in [1.29, 1.82) is 0 Å². The first-order valence-corrected chi connectivity index (χ1v) is 14.4. The molecule has 0 bridgehead atoms. The van der Waals surface area contributed by atoms with Crippen LogP contribution in [0.1, 0.15) is 0 Å². The Morgan fingerprint density at radius 3 is 2.05 bits per heavy atom. The molecule has 0 unspecified atom stereocenters. The first-order valence-electron chi connectivity index (χ1n) is 14.4. The van der Waals surface area contributed by atoms with Gasteiger partial charge in [0.25, 0.3) is 0 Å². The van der Waals surface area contributed by atoms with Crippen LogP contribution in [-0.4, -0.2) is 14.4 Å². The molecular weight excluding hydrogens is 530 g/mol. The zero-order valence-electron chi connectivity index (χ0n) is 22.6. The Morgan fingerprint density at radius 2 is 1.16 bits per heavy atom. The average molecular weight is 550 g/mol. The topological polar surface area (TPSA) is 56.5 Å². The van der Waals surface area contributed by atoms with E-state index in [0.29, 0.717) is 0 Å². The zero-order chi connectivity index (χ0) is 27.8. The number of aromatic nitrogens is 3. The van der Waals surface area contributed by atoms with Crippen LogP contribution in [0.2, 0.25) is 0 Å². The van der Waals surface area contributed by atoms with Gasteiger partial charge in [0.05, 0.1) is 22.1 Å². The van der Waals surface area contributed by atoms with Gasteiger partial charge in [-0.15, -0.1) is 0 Å². The smallest absolute Gasteiger partial charge is 0.165 e.